The minimum Gasteiger partial charge on any atom is -0.395 e. The quantitative estimate of drug-likeness (QED) is 0.585. The Morgan fingerprint density at radius 2 is 2.20 bits per heavy atom. The number of furan rings is 1. The molecule has 0 radical (unpaired) electrons. The lowest BCUT2D eigenvalue weighted by molar-refractivity contribution is -0.402. The molecule has 3 rings (SSSR count). The summed E-state index contributed by atoms with van der Waals surface area (Å²) >= 11 is 1.42. The van der Waals surface area contributed by atoms with Crippen LogP contribution in [0.2, 0.25) is 0 Å². The summed E-state index contributed by atoms with van der Waals surface area (Å²) in [7, 11) is 0. The average Bonchev–Trinajstić information content (AvgIpc) is 3.08. The third-order valence-electron chi connectivity index (χ3n) is 2.49. The van der Waals surface area contributed by atoms with Crippen LogP contribution in [0.5, 0.6) is 0 Å². The van der Waals surface area contributed by atoms with Crippen molar-refractivity contribution in [2.45, 2.75) is 0 Å². The summed E-state index contributed by atoms with van der Waals surface area (Å²) in [6.45, 7) is 0. The summed E-state index contributed by atoms with van der Waals surface area (Å²) in [5.74, 6) is -0.915. The Morgan fingerprint density at radius 1 is 1.35 bits per heavy atom. The topological polar surface area (TPSA) is 111 Å². The number of carbonyl (C=O) groups is 1. The number of hydrogen-bond donors (Lipinski definition) is 1. The van der Waals surface area contributed by atoms with E-state index in [4.69, 9.17) is 4.42 Å². The highest BCUT2D eigenvalue weighted by molar-refractivity contribution is 7.16. The maximum atomic E-state index is 11.9. The molecule has 0 saturated carbocycles. The molecular weight excluding hydrogens is 284 g/mol. The fraction of sp³-hybridized carbons (Fsp3) is 0. The van der Waals surface area contributed by atoms with E-state index < -0.39 is 16.7 Å². The fourth-order valence-corrected chi connectivity index (χ4v) is 2.34. The number of nitro groups is 1. The number of nitrogens with one attached hydrogen (secondary N) is 1. The summed E-state index contributed by atoms with van der Waals surface area (Å²) < 4.78 is 4.82. The summed E-state index contributed by atoms with van der Waals surface area (Å²) in [5, 5.41) is 15.6. The molecule has 20 heavy (non-hydrogen) atoms. The van der Waals surface area contributed by atoms with Crippen LogP contribution in [0.15, 0.2) is 34.3 Å². The number of amides is 1. The number of nitrogens with zero attached hydrogens (tertiary/aromatic N) is 3. The molecule has 1 N–H and O–H groups in total. The lowest BCUT2D eigenvalue weighted by Crippen LogP contribution is -2.12. The number of aromatic nitrogens is 2. The maximum absolute atomic E-state index is 11.9. The van der Waals surface area contributed by atoms with E-state index in [2.05, 4.69) is 15.3 Å². The lowest BCUT2D eigenvalue weighted by Gasteiger charge is -2.02. The van der Waals surface area contributed by atoms with Crippen LogP contribution < -0.4 is 5.32 Å². The van der Waals surface area contributed by atoms with Gasteiger partial charge in [-0.2, -0.15) is 0 Å². The molecule has 0 unspecified atom stereocenters. The normalized spacial score (nSPS) is 10.6. The summed E-state index contributed by atoms with van der Waals surface area (Å²) in [5.41, 5.74) is 0. The zero-order valence-electron chi connectivity index (χ0n) is 9.77. The highest BCUT2D eigenvalue weighted by Crippen LogP contribution is 2.24. The van der Waals surface area contributed by atoms with E-state index in [1.54, 1.807) is 6.07 Å². The molecule has 3 heterocycles. The van der Waals surface area contributed by atoms with Crippen molar-refractivity contribution in [2.24, 2.45) is 0 Å². The molecule has 0 aliphatic heterocycles. The maximum Gasteiger partial charge on any atom is 0.433 e. The van der Waals surface area contributed by atoms with Crippen molar-refractivity contribution in [2.75, 3.05) is 5.32 Å². The minimum atomic E-state index is -0.710. The van der Waals surface area contributed by atoms with E-state index in [9.17, 15) is 14.9 Å². The first-order valence-electron chi connectivity index (χ1n) is 5.39. The van der Waals surface area contributed by atoms with E-state index in [-0.39, 0.29) is 5.76 Å². The van der Waals surface area contributed by atoms with Crippen LogP contribution in [0.4, 0.5) is 11.7 Å². The molecule has 3 aromatic heterocycles. The van der Waals surface area contributed by atoms with E-state index >= 15 is 0 Å². The summed E-state index contributed by atoms with van der Waals surface area (Å²) in [6.07, 6.45) is 1.33. The zero-order chi connectivity index (χ0) is 14.1. The molecule has 1 amide bonds. The Kier molecular flexibility index (Phi) is 2.88. The molecule has 0 aromatic carbocycles. The van der Waals surface area contributed by atoms with Gasteiger partial charge in [0.1, 0.15) is 21.9 Å². The van der Waals surface area contributed by atoms with E-state index in [0.29, 0.717) is 11.2 Å². The van der Waals surface area contributed by atoms with Crippen molar-refractivity contribution in [1.29, 1.82) is 0 Å². The van der Waals surface area contributed by atoms with Crippen molar-refractivity contribution in [3.05, 3.63) is 45.8 Å². The number of anilines is 1. The van der Waals surface area contributed by atoms with Gasteiger partial charge in [0.25, 0.3) is 5.91 Å². The van der Waals surface area contributed by atoms with Crippen LogP contribution in [0.25, 0.3) is 10.2 Å². The van der Waals surface area contributed by atoms with E-state index in [0.717, 1.165) is 10.9 Å². The molecular formula is C11H6N4O4S. The largest absolute Gasteiger partial charge is 0.433 e. The lowest BCUT2D eigenvalue weighted by atomic mass is 10.3. The smallest absolute Gasteiger partial charge is 0.395 e. The van der Waals surface area contributed by atoms with Crippen LogP contribution >= 0.6 is 11.3 Å². The molecule has 0 bridgehead atoms. The molecule has 8 nitrogen and oxygen atoms in total. The first-order chi connectivity index (χ1) is 9.65. The number of carbonyl (C=O) groups excluding carboxylic acids is 1. The third-order valence-corrected chi connectivity index (χ3v) is 3.31. The highest BCUT2D eigenvalue weighted by atomic mass is 32.1. The second-order valence-corrected chi connectivity index (χ2v) is 4.61. The van der Waals surface area contributed by atoms with Gasteiger partial charge in [0.15, 0.2) is 5.76 Å². The number of fused-ring (bicyclic) bond motifs is 1. The Hall–Kier alpha value is -2.81. The van der Waals surface area contributed by atoms with Crippen molar-refractivity contribution in [3.63, 3.8) is 0 Å². The van der Waals surface area contributed by atoms with Gasteiger partial charge in [-0.25, -0.2) is 9.97 Å². The Labute approximate surface area is 115 Å². The van der Waals surface area contributed by atoms with Crippen LogP contribution in [0.3, 0.4) is 0 Å². The van der Waals surface area contributed by atoms with Gasteiger partial charge in [0.2, 0.25) is 0 Å². The van der Waals surface area contributed by atoms with E-state index in [1.165, 1.54) is 23.7 Å². The summed E-state index contributed by atoms with van der Waals surface area (Å²) in [4.78, 5) is 30.5. The van der Waals surface area contributed by atoms with Gasteiger partial charge in [-0.3, -0.25) is 14.9 Å². The Bertz CT molecular complexity index is 809. The van der Waals surface area contributed by atoms with Gasteiger partial charge >= 0.3 is 5.88 Å². The Morgan fingerprint density at radius 3 is 2.95 bits per heavy atom. The van der Waals surface area contributed by atoms with Crippen molar-refractivity contribution in [1.82, 2.24) is 9.97 Å². The van der Waals surface area contributed by atoms with Crippen LogP contribution in [0.1, 0.15) is 10.6 Å². The molecule has 0 saturated heterocycles. The second-order valence-electron chi connectivity index (χ2n) is 3.71. The fourth-order valence-electron chi connectivity index (χ4n) is 1.61. The third kappa shape index (κ3) is 2.10. The second kappa shape index (κ2) is 4.70. The van der Waals surface area contributed by atoms with Crippen LogP contribution in [-0.4, -0.2) is 20.8 Å². The predicted octanol–water partition coefficient (Wildman–Crippen LogP) is 2.44. The van der Waals surface area contributed by atoms with Gasteiger partial charge < -0.3 is 9.73 Å². The number of rotatable bonds is 3. The van der Waals surface area contributed by atoms with Crippen molar-refractivity contribution >= 4 is 39.2 Å². The van der Waals surface area contributed by atoms with Gasteiger partial charge in [-0.1, -0.05) is 0 Å². The monoisotopic (exact) mass is 290 g/mol. The molecule has 0 atom stereocenters. The van der Waals surface area contributed by atoms with E-state index in [1.807, 2.05) is 5.38 Å². The molecule has 0 aliphatic carbocycles. The van der Waals surface area contributed by atoms with Gasteiger partial charge in [0.05, 0.1) is 11.5 Å². The molecule has 0 aliphatic rings. The zero-order valence-corrected chi connectivity index (χ0v) is 10.6. The summed E-state index contributed by atoms with van der Waals surface area (Å²) in [6, 6.07) is 4.13. The highest BCUT2D eigenvalue weighted by Gasteiger charge is 2.18. The molecule has 0 spiro atoms. The average molecular weight is 290 g/mol. The molecule has 3 aromatic rings. The van der Waals surface area contributed by atoms with Crippen LogP contribution in [-0.2, 0) is 0 Å². The van der Waals surface area contributed by atoms with Gasteiger partial charge in [-0.05, 0) is 17.5 Å². The predicted molar refractivity (Wildman–Crippen MR) is 70.7 cm³/mol. The first kappa shape index (κ1) is 12.2. The minimum absolute atomic E-state index is 0.154. The van der Waals surface area contributed by atoms with Gasteiger partial charge in [0, 0.05) is 0 Å². The van der Waals surface area contributed by atoms with Crippen LogP contribution in [0, 0.1) is 10.1 Å². The number of thiophene rings is 1. The first-order valence-corrected chi connectivity index (χ1v) is 6.27. The molecule has 100 valence electrons. The molecule has 9 heteroatoms. The molecule has 0 fully saturated rings. The Balaban J connectivity index is 1.88. The van der Waals surface area contributed by atoms with Gasteiger partial charge in [-0.15, -0.1) is 11.3 Å². The van der Waals surface area contributed by atoms with Crippen molar-refractivity contribution < 1.29 is 14.1 Å². The van der Waals surface area contributed by atoms with Crippen molar-refractivity contribution in [3.8, 4) is 0 Å². The SMILES string of the molecule is O=C(Nc1ncnc2sccc12)c1ccc([N+](=O)[O-])o1. The number of hydrogen-bond acceptors (Lipinski definition) is 7. The standard InChI is InChI=1S/C11H6N4O4S/c16-10(7-1-2-8(19-7)15(17)18)14-9-6-3-4-20-11(6)13-5-12-9/h1-5H,(H,12,13,14,16).